The van der Waals surface area contributed by atoms with Crippen molar-refractivity contribution in [3.63, 3.8) is 0 Å². The van der Waals surface area contributed by atoms with Crippen molar-refractivity contribution in [1.82, 2.24) is 0 Å². The molecule has 0 unspecified atom stereocenters. The van der Waals surface area contributed by atoms with Gasteiger partial charge in [-0.3, -0.25) is 0 Å². The van der Waals surface area contributed by atoms with Crippen molar-refractivity contribution in [3.05, 3.63) is 29.3 Å². The van der Waals surface area contributed by atoms with E-state index >= 15 is 0 Å². The van der Waals surface area contributed by atoms with Gasteiger partial charge in [-0.25, -0.2) is 9.59 Å². The molecule has 2 aliphatic rings. The lowest BCUT2D eigenvalue weighted by molar-refractivity contribution is -0.183. The van der Waals surface area contributed by atoms with Crippen LogP contribution in [0, 0.1) is 0 Å². The summed E-state index contributed by atoms with van der Waals surface area (Å²) in [7, 11) is 0. The van der Waals surface area contributed by atoms with Crippen LogP contribution in [0.5, 0.6) is 5.75 Å². The van der Waals surface area contributed by atoms with Gasteiger partial charge in [0.2, 0.25) is 0 Å². The molecule has 1 saturated heterocycles. The van der Waals surface area contributed by atoms with Crippen molar-refractivity contribution in [2.45, 2.75) is 19.1 Å². The first-order chi connectivity index (χ1) is 9.74. The normalized spacial score (nSPS) is 18.8. The van der Waals surface area contributed by atoms with E-state index in [0.717, 1.165) is 6.42 Å². The van der Waals surface area contributed by atoms with Crippen molar-refractivity contribution in [1.29, 1.82) is 0 Å². The Morgan fingerprint density at radius 3 is 2.65 bits per heavy atom. The van der Waals surface area contributed by atoms with Gasteiger partial charge in [-0.2, -0.15) is 0 Å². The number of cyclic esters (lactones) is 2. The van der Waals surface area contributed by atoms with Gasteiger partial charge >= 0.3 is 11.9 Å². The average molecular weight is 278 g/mol. The minimum Gasteiger partial charge on any atom is -0.493 e. The SMILES string of the molecule is O=C1OC(=O)c2cc(OCCC3OCCCO3)ccc21. The van der Waals surface area contributed by atoms with Gasteiger partial charge in [0, 0.05) is 6.42 Å². The van der Waals surface area contributed by atoms with Crippen molar-refractivity contribution in [2.24, 2.45) is 0 Å². The first-order valence-corrected chi connectivity index (χ1v) is 6.50. The maximum absolute atomic E-state index is 11.4. The van der Waals surface area contributed by atoms with Crippen molar-refractivity contribution in [3.8, 4) is 5.75 Å². The number of rotatable bonds is 4. The van der Waals surface area contributed by atoms with Crippen molar-refractivity contribution < 1.29 is 28.5 Å². The van der Waals surface area contributed by atoms with E-state index in [4.69, 9.17) is 14.2 Å². The molecule has 0 bridgehead atoms. The number of hydrogen-bond acceptors (Lipinski definition) is 6. The zero-order valence-electron chi connectivity index (χ0n) is 10.8. The van der Waals surface area contributed by atoms with Crippen LogP contribution < -0.4 is 4.74 Å². The second kappa shape index (κ2) is 5.60. The molecular formula is C14H14O6. The van der Waals surface area contributed by atoms with Gasteiger partial charge in [-0.1, -0.05) is 0 Å². The predicted octanol–water partition coefficient (Wildman–Crippen LogP) is 1.53. The van der Waals surface area contributed by atoms with Gasteiger partial charge < -0.3 is 18.9 Å². The molecule has 1 fully saturated rings. The topological polar surface area (TPSA) is 71.1 Å². The Morgan fingerprint density at radius 2 is 1.85 bits per heavy atom. The summed E-state index contributed by atoms with van der Waals surface area (Å²) in [4.78, 5) is 22.7. The molecule has 6 nitrogen and oxygen atoms in total. The van der Waals surface area contributed by atoms with E-state index < -0.39 is 11.9 Å². The second-order valence-electron chi connectivity index (χ2n) is 4.55. The highest BCUT2D eigenvalue weighted by atomic mass is 16.7. The van der Waals surface area contributed by atoms with Crippen LogP contribution >= 0.6 is 0 Å². The van der Waals surface area contributed by atoms with Gasteiger partial charge in [0.25, 0.3) is 0 Å². The average Bonchev–Trinajstić information content (AvgIpc) is 2.75. The minimum absolute atomic E-state index is 0.232. The molecule has 0 N–H and O–H groups in total. The molecule has 1 aromatic rings. The first-order valence-electron chi connectivity index (χ1n) is 6.50. The first kappa shape index (κ1) is 13.1. The summed E-state index contributed by atoms with van der Waals surface area (Å²) in [6.07, 6.45) is 1.29. The lowest BCUT2D eigenvalue weighted by Crippen LogP contribution is -2.26. The summed E-state index contributed by atoms with van der Waals surface area (Å²) in [5.74, 6) is -0.721. The maximum atomic E-state index is 11.4. The number of benzene rings is 1. The quantitative estimate of drug-likeness (QED) is 0.614. The van der Waals surface area contributed by atoms with Gasteiger partial charge in [0.1, 0.15) is 5.75 Å². The highest BCUT2D eigenvalue weighted by Gasteiger charge is 2.29. The van der Waals surface area contributed by atoms with Gasteiger partial charge in [0.05, 0.1) is 30.9 Å². The lowest BCUT2D eigenvalue weighted by atomic mass is 10.1. The van der Waals surface area contributed by atoms with Gasteiger partial charge in [-0.15, -0.1) is 0 Å². The Bertz CT molecular complexity index is 532. The molecule has 20 heavy (non-hydrogen) atoms. The Balaban J connectivity index is 1.57. The number of hydrogen-bond donors (Lipinski definition) is 0. The zero-order chi connectivity index (χ0) is 13.9. The largest absolute Gasteiger partial charge is 0.493 e. The van der Waals surface area contributed by atoms with Crippen LogP contribution in [-0.2, 0) is 14.2 Å². The van der Waals surface area contributed by atoms with Crippen molar-refractivity contribution in [2.75, 3.05) is 19.8 Å². The highest BCUT2D eigenvalue weighted by molar-refractivity contribution is 6.14. The summed E-state index contributed by atoms with van der Waals surface area (Å²) in [6.45, 7) is 1.82. The molecule has 0 atom stereocenters. The van der Waals surface area contributed by atoms with Crippen LogP contribution in [0.4, 0.5) is 0 Å². The lowest BCUT2D eigenvalue weighted by Gasteiger charge is -2.23. The van der Waals surface area contributed by atoms with Gasteiger partial charge in [0.15, 0.2) is 6.29 Å². The molecule has 0 aromatic heterocycles. The third kappa shape index (κ3) is 2.66. The fraction of sp³-hybridized carbons (Fsp3) is 0.429. The Hall–Kier alpha value is -1.92. The van der Waals surface area contributed by atoms with E-state index in [1.54, 1.807) is 6.07 Å². The molecule has 3 rings (SSSR count). The molecule has 106 valence electrons. The van der Waals surface area contributed by atoms with E-state index in [1.807, 2.05) is 0 Å². The molecule has 0 radical (unpaired) electrons. The molecule has 0 saturated carbocycles. The smallest absolute Gasteiger partial charge is 0.347 e. The fourth-order valence-electron chi connectivity index (χ4n) is 2.13. The number of carbonyl (C=O) groups is 2. The van der Waals surface area contributed by atoms with Crippen LogP contribution in [0.25, 0.3) is 0 Å². The summed E-state index contributed by atoms with van der Waals surface area (Å²) < 4.78 is 20.9. The van der Waals surface area contributed by atoms with E-state index in [0.29, 0.717) is 32.0 Å². The maximum Gasteiger partial charge on any atom is 0.347 e. The monoisotopic (exact) mass is 278 g/mol. The molecular weight excluding hydrogens is 264 g/mol. The summed E-state index contributed by atoms with van der Waals surface area (Å²) >= 11 is 0. The predicted molar refractivity (Wildman–Crippen MR) is 66.6 cm³/mol. The minimum atomic E-state index is -0.630. The van der Waals surface area contributed by atoms with E-state index in [-0.39, 0.29) is 17.4 Å². The highest BCUT2D eigenvalue weighted by Crippen LogP contribution is 2.24. The van der Waals surface area contributed by atoms with E-state index in [2.05, 4.69) is 4.74 Å². The summed E-state index contributed by atoms with van der Waals surface area (Å²) in [5.41, 5.74) is 0.527. The molecule has 1 aromatic carbocycles. The molecule has 0 spiro atoms. The Labute approximate surface area is 115 Å². The van der Waals surface area contributed by atoms with E-state index in [9.17, 15) is 9.59 Å². The van der Waals surface area contributed by atoms with Crippen LogP contribution in [-0.4, -0.2) is 38.0 Å². The summed E-state index contributed by atoms with van der Waals surface area (Å²) in [6, 6.07) is 4.69. The number of fused-ring (bicyclic) bond motifs is 1. The van der Waals surface area contributed by atoms with Crippen molar-refractivity contribution >= 4 is 11.9 Å². The standard InChI is InChI=1S/C14H14O6/c15-13-10-3-2-9(8-11(10)14(16)20-13)17-7-4-12-18-5-1-6-19-12/h2-3,8,12H,1,4-7H2. The second-order valence-corrected chi connectivity index (χ2v) is 4.55. The number of esters is 2. The Morgan fingerprint density at radius 1 is 1.10 bits per heavy atom. The van der Waals surface area contributed by atoms with Crippen LogP contribution in [0.3, 0.4) is 0 Å². The third-order valence-corrected chi connectivity index (χ3v) is 3.13. The fourth-order valence-corrected chi connectivity index (χ4v) is 2.13. The third-order valence-electron chi connectivity index (χ3n) is 3.13. The van der Waals surface area contributed by atoms with E-state index in [1.165, 1.54) is 12.1 Å². The molecule has 2 heterocycles. The molecule has 2 aliphatic heterocycles. The zero-order valence-corrected chi connectivity index (χ0v) is 10.8. The summed E-state index contributed by atoms with van der Waals surface area (Å²) in [5, 5.41) is 0. The number of carbonyl (C=O) groups excluding carboxylic acids is 2. The molecule has 0 aliphatic carbocycles. The van der Waals surface area contributed by atoms with Crippen LogP contribution in [0.1, 0.15) is 33.6 Å². The molecule has 0 amide bonds. The number of ether oxygens (including phenoxy) is 4. The Kier molecular flexibility index (Phi) is 3.66. The van der Waals surface area contributed by atoms with Crippen LogP contribution in [0.2, 0.25) is 0 Å². The molecule has 6 heteroatoms. The van der Waals surface area contributed by atoms with Gasteiger partial charge in [-0.05, 0) is 24.6 Å². The van der Waals surface area contributed by atoms with Crippen LogP contribution in [0.15, 0.2) is 18.2 Å².